The topological polar surface area (TPSA) is 55.1 Å². The van der Waals surface area contributed by atoms with Gasteiger partial charge >= 0.3 is 6.18 Å². The third-order valence-corrected chi connectivity index (χ3v) is 4.01. The summed E-state index contributed by atoms with van der Waals surface area (Å²) in [5.41, 5.74) is 0.0312. The van der Waals surface area contributed by atoms with Crippen LogP contribution in [-0.2, 0) is 6.18 Å². The van der Waals surface area contributed by atoms with E-state index < -0.39 is 11.9 Å². The summed E-state index contributed by atoms with van der Waals surface area (Å²) < 4.78 is 42.5. The average Bonchev–Trinajstić information content (AvgIpc) is 3.01. The van der Waals surface area contributed by atoms with Crippen molar-refractivity contribution in [2.45, 2.75) is 26.9 Å². The number of rotatable bonds is 4. The number of thiophene rings is 1. The minimum absolute atomic E-state index is 0.0801. The molecule has 0 unspecified atom stereocenters. The van der Waals surface area contributed by atoms with Crippen LogP contribution >= 0.6 is 11.3 Å². The lowest BCUT2D eigenvalue weighted by Crippen LogP contribution is -2.26. The maximum atomic E-state index is 12.7. The highest BCUT2D eigenvalue weighted by molar-refractivity contribution is 7.17. The number of hydrogen-bond donors (Lipinski definition) is 1. The first-order valence-electron chi connectivity index (χ1n) is 6.62. The van der Waals surface area contributed by atoms with Gasteiger partial charge in [0.15, 0.2) is 0 Å². The lowest BCUT2D eigenvalue weighted by Gasteiger charge is -2.05. The van der Waals surface area contributed by atoms with Gasteiger partial charge in [-0.15, -0.1) is 11.3 Å². The van der Waals surface area contributed by atoms with Gasteiger partial charge in [-0.1, -0.05) is 19.0 Å². The predicted octanol–water partition coefficient (Wildman–Crippen LogP) is 4.12. The van der Waals surface area contributed by atoms with Gasteiger partial charge in [0.05, 0.1) is 9.75 Å². The van der Waals surface area contributed by atoms with Gasteiger partial charge in [-0.3, -0.25) is 4.79 Å². The number of nitrogens with one attached hydrogen (secondary N) is 1. The smallest absolute Gasteiger partial charge is 0.351 e. The van der Waals surface area contributed by atoms with E-state index in [0.29, 0.717) is 22.2 Å². The second-order valence-corrected chi connectivity index (χ2v) is 6.33. The van der Waals surface area contributed by atoms with Crippen molar-refractivity contribution in [2.75, 3.05) is 6.54 Å². The monoisotopic (exact) mass is 332 g/mol. The summed E-state index contributed by atoms with van der Waals surface area (Å²) in [6.07, 6.45) is -4.58. The molecule has 4 nitrogen and oxygen atoms in total. The number of nitrogens with zero attached hydrogens (tertiary/aromatic N) is 1. The molecule has 2 aromatic rings. The van der Waals surface area contributed by atoms with Crippen LogP contribution in [0.1, 0.15) is 34.8 Å². The largest absolute Gasteiger partial charge is 0.452 e. The van der Waals surface area contributed by atoms with Crippen molar-refractivity contribution in [1.82, 2.24) is 10.5 Å². The molecule has 1 N–H and O–H groups in total. The van der Waals surface area contributed by atoms with E-state index in [2.05, 4.69) is 15.0 Å². The molecule has 0 saturated heterocycles. The van der Waals surface area contributed by atoms with Crippen LogP contribution in [0.5, 0.6) is 0 Å². The number of carbonyl (C=O) groups is 1. The second-order valence-electron chi connectivity index (χ2n) is 5.25. The zero-order chi connectivity index (χ0) is 16.5. The van der Waals surface area contributed by atoms with E-state index in [0.717, 1.165) is 11.3 Å². The first-order valence-corrected chi connectivity index (χ1v) is 7.43. The first-order chi connectivity index (χ1) is 10.2. The molecule has 1 amide bonds. The van der Waals surface area contributed by atoms with E-state index in [1.165, 1.54) is 6.92 Å². The third-order valence-electron chi connectivity index (χ3n) is 2.92. The number of amides is 1. The van der Waals surface area contributed by atoms with E-state index in [9.17, 15) is 18.0 Å². The van der Waals surface area contributed by atoms with Crippen LogP contribution < -0.4 is 5.32 Å². The fourth-order valence-electron chi connectivity index (χ4n) is 1.80. The van der Waals surface area contributed by atoms with Crippen LogP contribution in [0.2, 0.25) is 0 Å². The molecule has 0 fully saturated rings. The summed E-state index contributed by atoms with van der Waals surface area (Å²) in [5.74, 6) is -1.04. The maximum Gasteiger partial charge on any atom is 0.452 e. The number of aromatic nitrogens is 1. The fraction of sp³-hybridized carbons (Fsp3) is 0.429. The van der Waals surface area contributed by atoms with E-state index >= 15 is 0 Å². The molecular formula is C14H15F3N2O2S. The normalized spacial score (nSPS) is 12.0. The Morgan fingerprint density at radius 2 is 2.09 bits per heavy atom. The Labute approximate surface area is 129 Å². The number of hydrogen-bond acceptors (Lipinski definition) is 4. The van der Waals surface area contributed by atoms with Crippen LogP contribution in [0.25, 0.3) is 10.6 Å². The summed E-state index contributed by atoms with van der Waals surface area (Å²) in [4.78, 5) is 12.8. The van der Waals surface area contributed by atoms with Gasteiger partial charge in [-0.25, -0.2) is 0 Å². The Kier molecular flexibility index (Phi) is 4.60. The molecule has 22 heavy (non-hydrogen) atoms. The molecule has 0 spiro atoms. The summed E-state index contributed by atoms with van der Waals surface area (Å²) in [7, 11) is 0. The summed E-state index contributed by atoms with van der Waals surface area (Å²) in [5, 5.41) is 6.24. The molecule has 0 aliphatic heterocycles. The lowest BCUT2D eigenvalue weighted by atomic mass is 10.2. The van der Waals surface area contributed by atoms with Crippen molar-refractivity contribution in [3.8, 4) is 10.6 Å². The van der Waals surface area contributed by atoms with Crippen LogP contribution in [0.3, 0.4) is 0 Å². The first kappa shape index (κ1) is 16.5. The van der Waals surface area contributed by atoms with Crippen LogP contribution in [0.4, 0.5) is 13.2 Å². The molecule has 2 aromatic heterocycles. The third kappa shape index (κ3) is 3.49. The van der Waals surface area contributed by atoms with Gasteiger partial charge in [-0.2, -0.15) is 13.2 Å². The standard InChI is InChI=1S/C14H15F3N2O2S/c1-7(2)6-18-13(20)10-5-4-9(22-10)11-8(3)12(21-19-11)14(15,16)17/h4-5,7H,6H2,1-3H3,(H,18,20). The Morgan fingerprint density at radius 1 is 1.41 bits per heavy atom. The summed E-state index contributed by atoms with van der Waals surface area (Å²) in [6.45, 7) is 5.77. The van der Waals surface area contributed by atoms with Crippen molar-refractivity contribution in [3.63, 3.8) is 0 Å². The van der Waals surface area contributed by atoms with Gasteiger partial charge in [0.25, 0.3) is 5.91 Å². The van der Waals surface area contributed by atoms with Crippen molar-refractivity contribution >= 4 is 17.2 Å². The fourth-order valence-corrected chi connectivity index (χ4v) is 2.76. The van der Waals surface area contributed by atoms with Gasteiger partial charge < -0.3 is 9.84 Å². The zero-order valence-corrected chi connectivity index (χ0v) is 13.1. The average molecular weight is 332 g/mol. The molecule has 120 valence electrons. The summed E-state index contributed by atoms with van der Waals surface area (Å²) in [6, 6.07) is 3.14. The highest BCUT2D eigenvalue weighted by Crippen LogP contribution is 2.38. The van der Waals surface area contributed by atoms with E-state index in [1.807, 2.05) is 13.8 Å². The van der Waals surface area contributed by atoms with Crippen molar-refractivity contribution in [3.05, 3.63) is 28.3 Å². The molecule has 0 atom stereocenters. The highest BCUT2D eigenvalue weighted by Gasteiger charge is 2.39. The van der Waals surface area contributed by atoms with Crippen molar-refractivity contribution in [1.29, 1.82) is 0 Å². The Balaban J connectivity index is 2.22. The zero-order valence-electron chi connectivity index (χ0n) is 12.2. The van der Waals surface area contributed by atoms with Crippen molar-refractivity contribution < 1.29 is 22.5 Å². The Hall–Kier alpha value is -1.83. The van der Waals surface area contributed by atoms with Gasteiger partial charge in [0, 0.05) is 12.1 Å². The SMILES string of the molecule is Cc1c(-c2ccc(C(=O)NCC(C)C)s2)noc1C(F)(F)F. The lowest BCUT2D eigenvalue weighted by molar-refractivity contribution is -0.156. The number of alkyl halides is 3. The molecule has 0 saturated carbocycles. The Morgan fingerprint density at radius 3 is 2.64 bits per heavy atom. The van der Waals surface area contributed by atoms with Crippen LogP contribution in [0, 0.1) is 12.8 Å². The minimum atomic E-state index is -4.58. The van der Waals surface area contributed by atoms with E-state index in [-0.39, 0.29) is 17.2 Å². The van der Waals surface area contributed by atoms with Gasteiger partial charge in [0.2, 0.25) is 5.76 Å². The molecule has 8 heteroatoms. The van der Waals surface area contributed by atoms with E-state index in [4.69, 9.17) is 0 Å². The second kappa shape index (κ2) is 6.12. The molecule has 0 aromatic carbocycles. The number of carbonyl (C=O) groups excluding carboxylic acids is 1. The minimum Gasteiger partial charge on any atom is -0.351 e. The number of halogens is 3. The quantitative estimate of drug-likeness (QED) is 0.916. The molecular weight excluding hydrogens is 317 g/mol. The highest BCUT2D eigenvalue weighted by atomic mass is 32.1. The molecule has 2 heterocycles. The summed E-state index contributed by atoms with van der Waals surface area (Å²) >= 11 is 1.08. The molecule has 0 aliphatic carbocycles. The van der Waals surface area contributed by atoms with Crippen LogP contribution in [0.15, 0.2) is 16.7 Å². The van der Waals surface area contributed by atoms with Crippen LogP contribution in [-0.4, -0.2) is 17.6 Å². The van der Waals surface area contributed by atoms with Gasteiger partial charge in [0.1, 0.15) is 5.69 Å². The maximum absolute atomic E-state index is 12.7. The van der Waals surface area contributed by atoms with E-state index in [1.54, 1.807) is 12.1 Å². The Bertz CT molecular complexity index is 674. The van der Waals surface area contributed by atoms with Crippen molar-refractivity contribution in [2.24, 2.45) is 5.92 Å². The molecule has 0 radical (unpaired) electrons. The molecule has 0 bridgehead atoms. The van der Waals surface area contributed by atoms with Gasteiger partial charge in [-0.05, 0) is 25.0 Å². The molecule has 2 rings (SSSR count). The molecule has 0 aliphatic rings. The predicted molar refractivity (Wildman–Crippen MR) is 76.7 cm³/mol.